The van der Waals surface area contributed by atoms with Crippen molar-refractivity contribution < 1.29 is 4.74 Å². The molecule has 0 aliphatic heterocycles. The lowest BCUT2D eigenvalue weighted by molar-refractivity contribution is 0.415. The molecule has 0 saturated carbocycles. The predicted octanol–water partition coefficient (Wildman–Crippen LogP) is 6.54. The van der Waals surface area contributed by atoms with Crippen LogP contribution in [0, 0.1) is 6.92 Å². The van der Waals surface area contributed by atoms with Crippen LogP contribution in [-0.2, 0) is 0 Å². The van der Waals surface area contributed by atoms with Crippen molar-refractivity contribution in [3.63, 3.8) is 0 Å². The molecule has 0 bridgehead atoms. The van der Waals surface area contributed by atoms with E-state index in [0.29, 0.717) is 5.92 Å². The number of hydrogen-bond acceptors (Lipinski definition) is 5. The molecule has 2 aromatic heterocycles. The van der Waals surface area contributed by atoms with Gasteiger partial charge in [-0.05, 0) is 42.2 Å². The van der Waals surface area contributed by atoms with Crippen molar-refractivity contribution >= 4 is 33.1 Å². The lowest BCUT2D eigenvalue weighted by Gasteiger charge is -2.15. The van der Waals surface area contributed by atoms with E-state index in [9.17, 15) is 0 Å². The fraction of sp³-hybridized carbons (Fsp3) is 0.217. The second-order valence-corrected chi connectivity index (χ2v) is 7.90. The first-order valence-electron chi connectivity index (χ1n) is 9.33. The van der Waals surface area contributed by atoms with Gasteiger partial charge in [0.05, 0.1) is 12.5 Å². The monoisotopic (exact) mass is 389 g/mol. The number of methoxy groups -OCH3 is 1. The third-order valence-corrected chi connectivity index (χ3v) is 5.65. The highest BCUT2D eigenvalue weighted by Gasteiger charge is 2.16. The second kappa shape index (κ2) is 7.60. The van der Waals surface area contributed by atoms with Crippen LogP contribution in [0.2, 0.25) is 0 Å². The summed E-state index contributed by atoms with van der Waals surface area (Å²) in [5.41, 5.74) is 4.61. The number of hydrogen-bond donors (Lipinski definition) is 1. The van der Waals surface area contributed by atoms with Crippen molar-refractivity contribution in [3.05, 3.63) is 65.3 Å². The maximum absolute atomic E-state index is 5.29. The van der Waals surface area contributed by atoms with Crippen molar-refractivity contribution in [1.82, 2.24) is 9.97 Å². The lowest BCUT2D eigenvalue weighted by Crippen LogP contribution is -2.02. The molecule has 4 nitrogen and oxygen atoms in total. The molecule has 28 heavy (non-hydrogen) atoms. The van der Waals surface area contributed by atoms with E-state index in [1.54, 1.807) is 18.4 Å². The van der Waals surface area contributed by atoms with E-state index in [1.807, 2.05) is 19.1 Å². The molecule has 4 rings (SSSR count). The van der Waals surface area contributed by atoms with Gasteiger partial charge in [0.1, 0.15) is 22.2 Å². The van der Waals surface area contributed by atoms with E-state index in [-0.39, 0.29) is 0 Å². The Morgan fingerprint density at radius 3 is 2.46 bits per heavy atom. The predicted molar refractivity (Wildman–Crippen MR) is 118 cm³/mol. The summed E-state index contributed by atoms with van der Waals surface area (Å²) in [6.07, 6.45) is 0. The van der Waals surface area contributed by atoms with Gasteiger partial charge in [-0.15, -0.1) is 11.3 Å². The molecule has 1 N–H and O–H groups in total. The molecule has 5 heteroatoms. The first-order valence-corrected chi connectivity index (χ1v) is 10.2. The summed E-state index contributed by atoms with van der Waals surface area (Å²) >= 11 is 1.65. The molecule has 0 fully saturated rings. The molecule has 0 aliphatic rings. The number of nitrogens with one attached hydrogen (secondary N) is 1. The lowest BCUT2D eigenvalue weighted by atomic mass is 10.0. The van der Waals surface area contributed by atoms with Crippen LogP contribution in [0.5, 0.6) is 5.75 Å². The molecule has 0 unspecified atom stereocenters. The molecule has 0 atom stereocenters. The Kier molecular flexibility index (Phi) is 5.01. The number of aryl methyl sites for hydroxylation is 1. The summed E-state index contributed by atoms with van der Waals surface area (Å²) in [4.78, 5) is 10.4. The Morgan fingerprint density at radius 2 is 1.75 bits per heavy atom. The van der Waals surface area contributed by atoms with E-state index in [2.05, 4.69) is 65.9 Å². The van der Waals surface area contributed by atoms with Crippen molar-refractivity contribution in [2.24, 2.45) is 0 Å². The van der Waals surface area contributed by atoms with Crippen molar-refractivity contribution in [2.45, 2.75) is 26.7 Å². The molecule has 0 saturated heterocycles. The van der Waals surface area contributed by atoms with Crippen molar-refractivity contribution in [3.8, 4) is 16.9 Å². The molecule has 2 aromatic carbocycles. The molecule has 142 valence electrons. The minimum atomic E-state index is 0.422. The summed E-state index contributed by atoms with van der Waals surface area (Å²) in [6, 6.07) is 16.5. The van der Waals surface area contributed by atoms with Gasteiger partial charge >= 0.3 is 0 Å². The minimum absolute atomic E-state index is 0.422. The van der Waals surface area contributed by atoms with Gasteiger partial charge in [0.15, 0.2) is 0 Å². The van der Waals surface area contributed by atoms with Gasteiger partial charge in [0, 0.05) is 16.6 Å². The second-order valence-electron chi connectivity index (χ2n) is 7.04. The molecule has 0 aliphatic carbocycles. The third kappa shape index (κ3) is 3.45. The molecular formula is C23H23N3OS. The van der Waals surface area contributed by atoms with Crippen LogP contribution in [0.25, 0.3) is 21.3 Å². The molecule has 0 amide bonds. The smallest absolute Gasteiger partial charge is 0.143 e. The summed E-state index contributed by atoms with van der Waals surface area (Å²) in [7, 11) is 1.68. The number of thiophene rings is 1. The van der Waals surface area contributed by atoms with Gasteiger partial charge in [-0.25, -0.2) is 9.97 Å². The summed E-state index contributed by atoms with van der Waals surface area (Å²) < 4.78 is 5.29. The van der Waals surface area contributed by atoms with Gasteiger partial charge in [-0.3, -0.25) is 0 Å². The molecule has 4 aromatic rings. The number of anilines is 2. The van der Waals surface area contributed by atoms with Crippen LogP contribution in [0.15, 0.2) is 53.9 Å². The Morgan fingerprint density at radius 1 is 1.00 bits per heavy atom. The van der Waals surface area contributed by atoms with E-state index in [4.69, 9.17) is 9.72 Å². The SMILES string of the molecule is COc1ccc(-c2csc3nc(C)nc(Nc4ccccc4C(C)C)c23)cc1. The highest BCUT2D eigenvalue weighted by Crippen LogP contribution is 2.39. The Hall–Kier alpha value is -2.92. The summed E-state index contributed by atoms with van der Waals surface area (Å²) in [5.74, 6) is 2.88. The van der Waals surface area contributed by atoms with Crippen molar-refractivity contribution in [2.75, 3.05) is 12.4 Å². The summed E-state index contributed by atoms with van der Waals surface area (Å²) in [6.45, 7) is 6.34. The van der Waals surface area contributed by atoms with Crippen molar-refractivity contribution in [1.29, 1.82) is 0 Å². The number of fused-ring (bicyclic) bond motifs is 1. The zero-order valence-electron chi connectivity index (χ0n) is 16.5. The quantitative estimate of drug-likeness (QED) is 0.421. The van der Waals surface area contributed by atoms with Gasteiger partial charge in [0.2, 0.25) is 0 Å². The van der Waals surface area contributed by atoms with Crippen LogP contribution in [0.3, 0.4) is 0 Å². The van der Waals surface area contributed by atoms with Crippen LogP contribution in [0.4, 0.5) is 11.5 Å². The topological polar surface area (TPSA) is 47.0 Å². The number of benzene rings is 2. The van der Waals surface area contributed by atoms with Crippen LogP contribution >= 0.6 is 11.3 Å². The average Bonchev–Trinajstić information content (AvgIpc) is 3.12. The first kappa shape index (κ1) is 18.4. The minimum Gasteiger partial charge on any atom is -0.497 e. The van der Waals surface area contributed by atoms with Gasteiger partial charge in [0.25, 0.3) is 0 Å². The average molecular weight is 390 g/mol. The van der Waals surface area contributed by atoms with Crippen LogP contribution < -0.4 is 10.1 Å². The maximum Gasteiger partial charge on any atom is 0.143 e. The number of para-hydroxylation sites is 1. The number of ether oxygens (including phenoxy) is 1. The Balaban J connectivity index is 1.85. The first-order chi connectivity index (χ1) is 13.6. The largest absolute Gasteiger partial charge is 0.497 e. The van der Waals surface area contributed by atoms with Gasteiger partial charge in [-0.1, -0.05) is 44.2 Å². The van der Waals surface area contributed by atoms with E-state index >= 15 is 0 Å². The number of rotatable bonds is 5. The van der Waals surface area contributed by atoms with E-state index in [1.165, 1.54) is 5.56 Å². The van der Waals surface area contributed by atoms with Crippen LogP contribution in [-0.4, -0.2) is 17.1 Å². The molecule has 0 radical (unpaired) electrons. The van der Waals surface area contributed by atoms with Crippen LogP contribution in [0.1, 0.15) is 31.2 Å². The Labute approximate surface area is 169 Å². The fourth-order valence-electron chi connectivity index (χ4n) is 3.36. The number of nitrogens with zero attached hydrogens (tertiary/aromatic N) is 2. The maximum atomic E-state index is 5.29. The fourth-order valence-corrected chi connectivity index (χ4v) is 4.36. The Bertz CT molecular complexity index is 1120. The highest BCUT2D eigenvalue weighted by atomic mass is 32.1. The molecular weight excluding hydrogens is 366 g/mol. The standard InChI is InChI=1S/C23H23N3OS/c1-14(2)18-7-5-6-8-20(18)26-22-21-19(13-28-23(21)25-15(3)24-22)16-9-11-17(27-4)12-10-16/h5-14H,1-4H3,(H,24,25,26). The molecule has 0 spiro atoms. The van der Waals surface area contributed by atoms with E-state index < -0.39 is 0 Å². The molecule has 2 heterocycles. The summed E-state index contributed by atoms with van der Waals surface area (Å²) in [5, 5.41) is 6.80. The van der Waals surface area contributed by atoms with E-state index in [0.717, 1.165) is 44.4 Å². The van der Waals surface area contributed by atoms with Gasteiger partial charge < -0.3 is 10.1 Å². The highest BCUT2D eigenvalue weighted by molar-refractivity contribution is 7.17. The third-order valence-electron chi connectivity index (χ3n) is 4.78. The number of aromatic nitrogens is 2. The normalized spacial score (nSPS) is 11.2. The van der Waals surface area contributed by atoms with Gasteiger partial charge in [-0.2, -0.15) is 0 Å². The zero-order chi connectivity index (χ0) is 19.7. The zero-order valence-corrected chi connectivity index (χ0v) is 17.3.